The van der Waals surface area contributed by atoms with Gasteiger partial charge in [-0.1, -0.05) is 0 Å². The minimum absolute atomic E-state index is 0.247. The van der Waals surface area contributed by atoms with Gasteiger partial charge in [-0.25, -0.2) is 4.79 Å². The fourth-order valence-corrected chi connectivity index (χ4v) is 2.61. The quantitative estimate of drug-likeness (QED) is 0.762. The van der Waals surface area contributed by atoms with Gasteiger partial charge < -0.3 is 29.0 Å². The number of rotatable bonds is 6. The highest BCUT2D eigenvalue weighted by Gasteiger charge is 2.21. The van der Waals surface area contributed by atoms with E-state index in [1.54, 1.807) is 24.3 Å². The molecule has 1 amide bonds. The predicted molar refractivity (Wildman–Crippen MR) is 100 cm³/mol. The van der Waals surface area contributed by atoms with E-state index in [2.05, 4.69) is 5.32 Å². The summed E-state index contributed by atoms with van der Waals surface area (Å²) in [6, 6.07) is 9.69. The molecular weight excluding hydrogens is 366 g/mol. The van der Waals surface area contributed by atoms with Gasteiger partial charge in [-0.2, -0.15) is 0 Å². The standard InChI is InChI=1S/C20H21NO7/c1-12(28-20(23)13-4-6-15(24-2)17(10-13)25-3)19(22)21-14-5-7-16-18(11-14)27-9-8-26-16/h4-7,10-12H,8-9H2,1-3H3,(H,21,22). The van der Waals surface area contributed by atoms with E-state index in [4.69, 9.17) is 23.7 Å². The van der Waals surface area contributed by atoms with Crippen molar-refractivity contribution in [3.63, 3.8) is 0 Å². The first kappa shape index (κ1) is 19.3. The van der Waals surface area contributed by atoms with Crippen LogP contribution in [-0.4, -0.2) is 45.4 Å². The molecule has 0 radical (unpaired) electrons. The van der Waals surface area contributed by atoms with Crippen LogP contribution < -0.4 is 24.3 Å². The SMILES string of the molecule is COc1ccc(C(=O)OC(C)C(=O)Nc2ccc3c(c2)OCCO3)cc1OC. The zero-order chi connectivity index (χ0) is 20.1. The maximum atomic E-state index is 12.4. The molecule has 0 fully saturated rings. The first-order chi connectivity index (χ1) is 13.5. The van der Waals surface area contributed by atoms with Crippen LogP contribution in [0.4, 0.5) is 5.69 Å². The lowest BCUT2D eigenvalue weighted by Crippen LogP contribution is -2.30. The Kier molecular flexibility index (Phi) is 5.88. The van der Waals surface area contributed by atoms with E-state index < -0.39 is 18.0 Å². The van der Waals surface area contributed by atoms with Crippen LogP contribution in [0.5, 0.6) is 23.0 Å². The number of carbonyl (C=O) groups is 2. The molecule has 2 aromatic rings. The van der Waals surface area contributed by atoms with Gasteiger partial charge in [0.15, 0.2) is 29.1 Å². The molecule has 0 aromatic heterocycles. The topological polar surface area (TPSA) is 92.3 Å². The van der Waals surface area contributed by atoms with Crippen molar-refractivity contribution in [2.75, 3.05) is 32.8 Å². The van der Waals surface area contributed by atoms with Crippen LogP contribution in [0.1, 0.15) is 17.3 Å². The van der Waals surface area contributed by atoms with Gasteiger partial charge in [-0.15, -0.1) is 0 Å². The molecule has 1 unspecified atom stereocenters. The third kappa shape index (κ3) is 4.28. The zero-order valence-electron chi connectivity index (χ0n) is 15.8. The number of amides is 1. The van der Waals surface area contributed by atoms with Crippen LogP contribution in [0.2, 0.25) is 0 Å². The van der Waals surface area contributed by atoms with E-state index in [0.717, 1.165) is 0 Å². The number of esters is 1. The molecule has 0 spiro atoms. The molecule has 1 aliphatic rings. The molecule has 0 saturated carbocycles. The zero-order valence-corrected chi connectivity index (χ0v) is 15.8. The smallest absolute Gasteiger partial charge is 0.339 e. The Morgan fingerprint density at radius 1 is 0.964 bits per heavy atom. The molecule has 148 valence electrons. The van der Waals surface area contributed by atoms with Crippen molar-refractivity contribution >= 4 is 17.6 Å². The first-order valence-electron chi connectivity index (χ1n) is 8.65. The average molecular weight is 387 g/mol. The number of anilines is 1. The van der Waals surface area contributed by atoms with Gasteiger partial charge in [0.05, 0.1) is 19.8 Å². The average Bonchev–Trinajstić information content (AvgIpc) is 2.72. The second-order valence-electron chi connectivity index (χ2n) is 5.96. The number of nitrogens with one attached hydrogen (secondary N) is 1. The summed E-state index contributed by atoms with van der Waals surface area (Å²) in [6.45, 7) is 2.43. The van der Waals surface area contributed by atoms with Crippen molar-refractivity contribution in [1.29, 1.82) is 0 Å². The van der Waals surface area contributed by atoms with E-state index >= 15 is 0 Å². The number of carbonyl (C=O) groups excluding carboxylic acids is 2. The van der Waals surface area contributed by atoms with Crippen LogP contribution in [0, 0.1) is 0 Å². The number of fused-ring (bicyclic) bond motifs is 1. The fraction of sp³-hybridized carbons (Fsp3) is 0.300. The highest BCUT2D eigenvalue weighted by molar-refractivity contribution is 5.97. The lowest BCUT2D eigenvalue weighted by atomic mass is 10.2. The van der Waals surface area contributed by atoms with Gasteiger partial charge in [-0.05, 0) is 37.3 Å². The number of ether oxygens (including phenoxy) is 5. The second-order valence-corrected chi connectivity index (χ2v) is 5.96. The lowest BCUT2D eigenvalue weighted by molar-refractivity contribution is -0.123. The maximum Gasteiger partial charge on any atom is 0.339 e. The first-order valence-corrected chi connectivity index (χ1v) is 8.65. The van der Waals surface area contributed by atoms with Crippen LogP contribution in [0.25, 0.3) is 0 Å². The van der Waals surface area contributed by atoms with Gasteiger partial charge in [0, 0.05) is 11.8 Å². The Hall–Kier alpha value is -3.42. The molecule has 8 heteroatoms. The summed E-state index contributed by atoms with van der Waals surface area (Å²) >= 11 is 0. The molecule has 0 aliphatic carbocycles. The van der Waals surface area contributed by atoms with Gasteiger partial charge in [0.25, 0.3) is 5.91 Å². The van der Waals surface area contributed by atoms with Crippen LogP contribution in [0.15, 0.2) is 36.4 Å². The van der Waals surface area contributed by atoms with E-state index in [0.29, 0.717) is 41.9 Å². The molecule has 0 saturated heterocycles. The van der Waals surface area contributed by atoms with Crippen molar-refractivity contribution in [2.24, 2.45) is 0 Å². The Labute approximate surface area is 162 Å². The number of methoxy groups -OCH3 is 2. The fourth-order valence-electron chi connectivity index (χ4n) is 2.61. The van der Waals surface area contributed by atoms with Crippen LogP contribution in [-0.2, 0) is 9.53 Å². The third-order valence-electron chi connectivity index (χ3n) is 4.08. The largest absolute Gasteiger partial charge is 0.493 e. The summed E-state index contributed by atoms with van der Waals surface area (Å²) in [7, 11) is 2.97. The summed E-state index contributed by atoms with van der Waals surface area (Å²) in [4.78, 5) is 24.7. The van der Waals surface area contributed by atoms with Crippen molar-refractivity contribution in [3.8, 4) is 23.0 Å². The van der Waals surface area contributed by atoms with Gasteiger partial charge in [0.1, 0.15) is 13.2 Å². The number of benzene rings is 2. The Bertz CT molecular complexity index is 881. The molecule has 3 rings (SSSR count). The summed E-state index contributed by atoms with van der Waals surface area (Å²) in [5.41, 5.74) is 0.764. The monoisotopic (exact) mass is 387 g/mol. The minimum Gasteiger partial charge on any atom is -0.493 e. The van der Waals surface area contributed by atoms with Crippen molar-refractivity contribution < 1.29 is 33.3 Å². The molecule has 1 aliphatic heterocycles. The van der Waals surface area contributed by atoms with E-state index in [1.807, 2.05) is 0 Å². The molecular formula is C20H21NO7. The highest BCUT2D eigenvalue weighted by atomic mass is 16.6. The molecule has 8 nitrogen and oxygen atoms in total. The Balaban J connectivity index is 1.63. The van der Waals surface area contributed by atoms with E-state index in [-0.39, 0.29) is 5.56 Å². The van der Waals surface area contributed by atoms with Crippen molar-refractivity contribution in [2.45, 2.75) is 13.0 Å². The maximum absolute atomic E-state index is 12.4. The second kappa shape index (κ2) is 8.51. The van der Waals surface area contributed by atoms with Crippen LogP contribution in [0.3, 0.4) is 0 Å². The van der Waals surface area contributed by atoms with Crippen molar-refractivity contribution in [3.05, 3.63) is 42.0 Å². The molecule has 1 N–H and O–H groups in total. The summed E-state index contributed by atoms with van der Waals surface area (Å²) in [5.74, 6) is 0.946. The van der Waals surface area contributed by atoms with E-state index in [9.17, 15) is 9.59 Å². The van der Waals surface area contributed by atoms with Gasteiger partial charge in [0.2, 0.25) is 0 Å². The third-order valence-corrected chi connectivity index (χ3v) is 4.08. The summed E-state index contributed by atoms with van der Waals surface area (Å²) in [5, 5.41) is 2.69. The summed E-state index contributed by atoms with van der Waals surface area (Å²) in [6.07, 6.45) is -1.01. The molecule has 2 aromatic carbocycles. The van der Waals surface area contributed by atoms with Gasteiger partial charge >= 0.3 is 5.97 Å². The summed E-state index contributed by atoms with van der Waals surface area (Å²) < 4.78 is 26.5. The van der Waals surface area contributed by atoms with Crippen LogP contribution >= 0.6 is 0 Å². The number of hydrogen-bond acceptors (Lipinski definition) is 7. The minimum atomic E-state index is -1.01. The number of hydrogen-bond donors (Lipinski definition) is 1. The molecule has 0 bridgehead atoms. The molecule has 28 heavy (non-hydrogen) atoms. The molecule has 1 atom stereocenters. The Morgan fingerprint density at radius 3 is 2.39 bits per heavy atom. The predicted octanol–water partition coefficient (Wildman–Crippen LogP) is 2.66. The normalized spacial score (nSPS) is 13.2. The highest BCUT2D eigenvalue weighted by Crippen LogP contribution is 2.32. The van der Waals surface area contributed by atoms with E-state index in [1.165, 1.54) is 33.3 Å². The lowest BCUT2D eigenvalue weighted by Gasteiger charge is -2.19. The van der Waals surface area contributed by atoms with Gasteiger partial charge in [-0.3, -0.25) is 4.79 Å². The molecule has 1 heterocycles. The van der Waals surface area contributed by atoms with Crippen molar-refractivity contribution in [1.82, 2.24) is 0 Å². The Morgan fingerprint density at radius 2 is 1.68 bits per heavy atom.